The lowest BCUT2D eigenvalue weighted by atomic mass is 10.0. The van der Waals surface area contributed by atoms with Gasteiger partial charge in [0.25, 0.3) is 0 Å². The van der Waals surface area contributed by atoms with E-state index >= 15 is 0 Å². The summed E-state index contributed by atoms with van der Waals surface area (Å²) in [6, 6.07) is 19.0. The Hall–Kier alpha value is -2.58. The molecule has 6 nitrogen and oxygen atoms in total. The van der Waals surface area contributed by atoms with Crippen LogP contribution in [0.15, 0.2) is 77.7 Å². The van der Waals surface area contributed by atoms with Crippen molar-refractivity contribution in [1.82, 2.24) is 10.0 Å². The Morgan fingerprint density at radius 2 is 1.67 bits per heavy atom. The van der Waals surface area contributed by atoms with Crippen LogP contribution in [-0.4, -0.2) is 27.5 Å². The van der Waals surface area contributed by atoms with E-state index in [1.807, 2.05) is 49.4 Å². The van der Waals surface area contributed by atoms with Gasteiger partial charge in [0.05, 0.1) is 23.1 Å². The molecule has 1 amide bonds. The number of benzene rings is 3. The number of halogens is 2. The molecule has 0 unspecified atom stereocenters. The van der Waals surface area contributed by atoms with E-state index in [4.69, 9.17) is 27.9 Å². The van der Waals surface area contributed by atoms with E-state index in [0.717, 1.165) is 11.1 Å². The number of ether oxygens (including phenoxy) is 1. The first-order chi connectivity index (χ1) is 15.7. The first-order valence-corrected chi connectivity index (χ1v) is 12.4. The number of rotatable bonds is 9. The van der Waals surface area contributed by atoms with Crippen molar-refractivity contribution < 1.29 is 17.9 Å². The fourth-order valence-corrected chi connectivity index (χ4v) is 4.93. The number of carbonyl (C=O) groups excluding carboxylic acids is 1. The highest BCUT2D eigenvalue weighted by Gasteiger charge is 2.27. The Morgan fingerprint density at radius 3 is 2.27 bits per heavy atom. The van der Waals surface area contributed by atoms with Crippen molar-refractivity contribution in [3.8, 4) is 5.75 Å². The lowest BCUT2D eigenvalue weighted by Crippen LogP contribution is -2.48. The fraction of sp³-hybridized carbons (Fsp3) is 0.208. The molecule has 0 aromatic heterocycles. The SMILES string of the molecule is COc1ccc(S(=O)(=O)N[C@@H](Cc2ccccc2)C(=O)N[C@H](C)c2ccc(Cl)cc2)cc1Cl. The molecule has 9 heteroatoms. The highest BCUT2D eigenvalue weighted by Crippen LogP contribution is 2.27. The minimum Gasteiger partial charge on any atom is -0.495 e. The molecule has 0 fully saturated rings. The second kappa shape index (κ2) is 11.0. The lowest BCUT2D eigenvalue weighted by molar-refractivity contribution is -0.123. The molecule has 174 valence electrons. The summed E-state index contributed by atoms with van der Waals surface area (Å²) in [6.07, 6.45) is 0.170. The maximum Gasteiger partial charge on any atom is 0.241 e. The van der Waals surface area contributed by atoms with Gasteiger partial charge in [-0.05, 0) is 54.8 Å². The average molecular weight is 507 g/mol. The predicted molar refractivity (Wildman–Crippen MR) is 130 cm³/mol. The minimum atomic E-state index is -4.05. The minimum absolute atomic E-state index is 0.0649. The zero-order valence-corrected chi connectivity index (χ0v) is 20.4. The Kier molecular flexibility index (Phi) is 8.37. The number of hydrogen-bond donors (Lipinski definition) is 2. The third kappa shape index (κ3) is 6.71. The molecule has 2 N–H and O–H groups in total. The van der Waals surface area contributed by atoms with Crippen LogP contribution in [0, 0.1) is 0 Å². The maximum atomic E-state index is 13.2. The number of amides is 1. The molecular weight excluding hydrogens is 483 g/mol. The highest BCUT2D eigenvalue weighted by molar-refractivity contribution is 7.89. The van der Waals surface area contributed by atoms with Crippen molar-refractivity contribution in [3.63, 3.8) is 0 Å². The number of carbonyl (C=O) groups is 1. The average Bonchev–Trinajstić information content (AvgIpc) is 2.79. The van der Waals surface area contributed by atoms with Crippen molar-refractivity contribution in [2.24, 2.45) is 0 Å². The molecule has 0 saturated heterocycles. The van der Waals surface area contributed by atoms with Crippen molar-refractivity contribution in [3.05, 3.63) is 94.0 Å². The molecule has 3 aromatic carbocycles. The van der Waals surface area contributed by atoms with Crippen LogP contribution >= 0.6 is 23.2 Å². The number of methoxy groups -OCH3 is 1. The first kappa shape index (κ1) is 25.1. The second-order valence-corrected chi connectivity index (χ2v) is 10.00. The number of sulfonamides is 1. The predicted octanol–water partition coefficient (Wildman–Crippen LogP) is 4.77. The van der Waals surface area contributed by atoms with Crippen LogP contribution in [0.4, 0.5) is 0 Å². The molecule has 0 aliphatic carbocycles. The first-order valence-electron chi connectivity index (χ1n) is 10.1. The summed E-state index contributed by atoms with van der Waals surface area (Å²) < 4.78 is 33.8. The van der Waals surface area contributed by atoms with E-state index < -0.39 is 22.0 Å². The highest BCUT2D eigenvalue weighted by atomic mass is 35.5. The van der Waals surface area contributed by atoms with Gasteiger partial charge < -0.3 is 10.1 Å². The topological polar surface area (TPSA) is 84.5 Å². The molecule has 3 rings (SSSR count). The molecule has 0 spiro atoms. The van der Waals surface area contributed by atoms with E-state index in [9.17, 15) is 13.2 Å². The van der Waals surface area contributed by atoms with E-state index in [2.05, 4.69) is 10.0 Å². The molecule has 33 heavy (non-hydrogen) atoms. The van der Waals surface area contributed by atoms with Gasteiger partial charge in [0.2, 0.25) is 15.9 Å². The van der Waals surface area contributed by atoms with Crippen LogP contribution in [0.1, 0.15) is 24.1 Å². The summed E-state index contributed by atoms with van der Waals surface area (Å²) in [7, 11) is -2.61. The van der Waals surface area contributed by atoms with Gasteiger partial charge in [-0.25, -0.2) is 8.42 Å². The third-order valence-corrected chi connectivity index (χ3v) is 7.08. The molecule has 2 atom stereocenters. The van der Waals surface area contributed by atoms with Gasteiger partial charge in [-0.3, -0.25) is 4.79 Å². The molecule has 0 radical (unpaired) electrons. The van der Waals surface area contributed by atoms with Gasteiger partial charge in [0, 0.05) is 5.02 Å². The van der Waals surface area contributed by atoms with Crippen molar-refractivity contribution >= 4 is 39.1 Å². The van der Waals surface area contributed by atoms with E-state index in [-0.39, 0.29) is 22.4 Å². The standard InChI is InChI=1S/C24H24Cl2N2O4S/c1-16(18-8-10-19(25)11-9-18)27-24(29)22(14-17-6-4-3-5-7-17)28-33(30,31)20-12-13-23(32-2)21(26)15-20/h3-13,15-16,22,28H,14H2,1-2H3,(H,27,29)/t16-,22+/m1/s1. The van der Waals surface area contributed by atoms with Crippen molar-refractivity contribution in [1.29, 1.82) is 0 Å². The fourth-order valence-electron chi connectivity index (χ4n) is 3.26. The van der Waals surface area contributed by atoms with Gasteiger partial charge in [0.15, 0.2) is 0 Å². The van der Waals surface area contributed by atoms with Crippen LogP contribution in [0.3, 0.4) is 0 Å². The smallest absolute Gasteiger partial charge is 0.241 e. The molecular formula is C24H24Cl2N2O4S. The van der Waals surface area contributed by atoms with Crippen LogP contribution in [-0.2, 0) is 21.2 Å². The zero-order chi connectivity index (χ0) is 24.0. The Labute approximate surface area is 203 Å². The summed E-state index contributed by atoms with van der Waals surface area (Å²) in [6.45, 7) is 1.82. The lowest BCUT2D eigenvalue weighted by Gasteiger charge is -2.22. The van der Waals surface area contributed by atoms with Gasteiger partial charge in [-0.2, -0.15) is 4.72 Å². The van der Waals surface area contributed by atoms with Gasteiger partial charge in [-0.1, -0.05) is 65.7 Å². The van der Waals surface area contributed by atoms with E-state index in [1.54, 1.807) is 12.1 Å². The van der Waals surface area contributed by atoms with Gasteiger partial charge in [-0.15, -0.1) is 0 Å². The maximum absolute atomic E-state index is 13.2. The normalized spacial score (nSPS) is 13.2. The molecule has 0 heterocycles. The Morgan fingerprint density at radius 1 is 1.00 bits per heavy atom. The Balaban J connectivity index is 1.84. The summed E-state index contributed by atoms with van der Waals surface area (Å²) >= 11 is 12.0. The molecule has 0 aliphatic rings. The molecule has 0 aliphatic heterocycles. The number of nitrogens with one attached hydrogen (secondary N) is 2. The van der Waals surface area contributed by atoms with Gasteiger partial charge >= 0.3 is 0 Å². The van der Waals surface area contributed by atoms with E-state index in [1.165, 1.54) is 25.3 Å². The van der Waals surface area contributed by atoms with Crippen LogP contribution in [0.25, 0.3) is 0 Å². The van der Waals surface area contributed by atoms with Crippen molar-refractivity contribution in [2.75, 3.05) is 7.11 Å². The largest absolute Gasteiger partial charge is 0.495 e. The summed E-state index contributed by atoms with van der Waals surface area (Å²) in [4.78, 5) is 13.1. The quantitative estimate of drug-likeness (QED) is 0.437. The van der Waals surface area contributed by atoms with Gasteiger partial charge in [0.1, 0.15) is 11.8 Å². The van der Waals surface area contributed by atoms with Crippen LogP contribution < -0.4 is 14.8 Å². The third-order valence-electron chi connectivity index (χ3n) is 5.06. The summed E-state index contributed by atoms with van der Waals surface area (Å²) in [5, 5.41) is 3.63. The summed E-state index contributed by atoms with van der Waals surface area (Å²) in [5.41, 5.74) is 1.66. The molecule has 3 aromatic rings. The van der Waals surface area contributed by atoms with Crippen LogP contribution in [0.5, 0.6) is 5.75 Å². The number of hydrogen-bond acceptors (Lipinski definition) is 4. The van der Waals surface area contributed by atoms with Crippen molar-refractivity contribution in [2.45, 2.75) is 30.3 Å². The second-order valence-electron chi connectivity index (χ2n) is 7.44. The molecule has 0 saturated carbocycles. The summed E-state index contributed by atoms with van der Waals surface area (Å²) in [5.74, 6) is -0.101. The zero-order valence-electron chi connectivity index (χ0n) is 18.1. The monoisotopic (exact) mass is 506 g/mol. The van der Waals surface area contributed by atoms with Crippen LogP contribution in [0.2, 0.25) is 10.0 Å². The molecule has 0 bridgehead atoms. The Bertz CT molecular complexity index is 1200. The van der Waals surface area contributed by atoms with E-state index in [0.29, 0.717) is 10.8 Å².